The van der Waals surface area contributed by atoms with Crippen LogP contribution in [-0.4, -0.2) is 38.4 Å². The maximum absolute atomic E-state index is 11.6. The quantitative estimate of drug-likeness (QED) is 0.692. The van der Waals surface area contributed by atoms with Crippen molar-refractivity contribution in [2.45, 2.75) is 45.7 Å². The maximum atomic E-state index is 11.6. The summed E-state index contributed by atoms with van der Waals surface area (Å²) in [6.07, 6.45) is 2.18. The van der Waals surface area contributed by atoms with Crippen LogP contribution in [0.4, 0.5) is 0 Å². The van der Waals surface area contributed by atoms with E-state index in [1.807, 2.05) is 6.92 Å². The summed E-state index contributed by atoms with van der Waals surface area (Å²) in [6.45, 7) is 6.07. The van der Waals surface area contributed by atoms with Crippen molar-refractivity contribution in [3.05, 3.63) is 0 Å². The fraction of sp³-hybridized carbons (Fsp3) is 0.909. The van der Waals surface area contributed by atoms with Crippen LogP contribution in [-0.2, 0) is 14.6 Å². The molecule has 5 nitrogen and oxygen atoms in total. The van der Waals surface area contributed by atoms with Gasteiger partial charge in [0, 0.05) is 12.3 Å². The summed E-state index contributed by atoms with van der Waals surface area (Å²) in [5, 5.41) is 2.79. The third-order valence-corrected chi connectivity index (χ3v) is 3.33. The zero-order valence-electron chi connectivity index (χ0n) is 11.1. The number of carbonyl (C=O) groups is 1. The number of amides is 1. The van der Waals surface area contributed by atoms with Crippen LogP contribution in [0.5, 0.6) is 0 Å². The van der Waals surface area contributed by atoms with Crippen LogP contribution in [0.25, 0.3) is 0 Å². The van der Waals surface area contributed by atoms with Gasteiger partial charge in [-0.25, -0.2) is 8.42 Å². The van der Waals surface area contributed by atoms with Crippen molar-refractivity contribution in [2.24, 2.45) is 11.7 Å². The zero-order valence-corrected chi connectivity index (χ0v) is 11.9. The van der Waals surface area contributed by atoms with Gasteiger partial charge in [0.25, 0.3) is 0 Å². The number of sulfone groups is 1. The molecule has 0 saturated carbocycles. The van der Waals surface area contributed by atoms with Crippen molar-refractivity contribution in [3.8, 4) is 0 Å². The monoisotopic (exact) mass is 264 g/mol. The molecular weight excluding hydrogens is 240 g/mol. The number of nitrogens with two attached hydrogens (primary N) is 1. The highest BCUT2D eigenvalue weighted by atomic mass is 32.2. The topological polar surface area (TPSA) is 89.3 Å². The minimum Gasteiger partial charge on any atom is -0.352 e. The van der Waals surface area contributed by atoms with Gasteiger partial charge in [0.1, 0.15) is 9.84 Å². The van der Waals surface area contributed by atoms with Crippen molar-refractivity contribution < 1.29 is 13.2 Å². The second-order valence-corrected chi connectivity index (χ2v) is 7.32. The highest BCUT2D eigenvalue weighted by molar-refractivity contribution is 7.90. The summed E-state index contributed by atoms with van der Waals surface area (Å²) in [5.41, 5.74) is 5.63. The molecule has 102 valence electrons. The third kappa shape index (κ3) is 9.12. The molecule has 0 aliphatic carbocycles. The van der Waals surface area contributed by atoms with Crippen molar-refractivity contribution in [3.63, 3.8) is 0 Å². The fourth-order valence-electron chi connectivity index (χ4n) is 1.59. The Hall–Kier alpha value is -0.620. The Kier molecular flexibility index (Phi) is 6.70. The predicted octanol–water partition coefficient (Wildman–Crippen LogP) is 0.299. The van der Waals surface area contributed by atoms with E-state index in [0.29, 0.717) is 5.92 Å². The van der Waals surface area contributed by atoms with Gasteiger partial charge in [-0.15, -0.1) is 0 Å². The molecule has 0 aliphatic heterocycles. The van der Waals surface area contributed by atoms with E-state index >= 15 is 0 Å². The lowest BCUT2D eigenvalue weighted by molar-refractivity contribution is -0.123. The number of hydrogen-bond acceptors (Lipinski definition) is 4. The van der Waals surface area contributed by atoms with Gasteiger partial charge >= 0.3 is 0 Å². The fourth-order valence-corrected chi connectivity index (χ4v) is 2.27. The number of rotatable bonds is 7. The lowest BCUT2D eigenvalue weighted by Gasteiger charge is -2.18. The van der Waals surface area contributed by atoms with E-state index < -0.39 is 15.9 Å². The molecular formula is C11H24N2O3S. The van der Waals surface area contributed by atoms with E-state index in [9.17, 15) is 13.2 Å². The standard InChI is InChI=1S/C11H24N2O3S/c1-8(2)7-9(3)13-11(14)10(12)5-6-17(4,15)16/h8-10H,5-7,12H2,1-4H3,(H,13,14). The second-order valence-electron chi connectivity index (χ2n) is 5.06. The van der Waals surface area contributed by atoms with E-state index in [-0.39, 0.29) is 24.1 Å². The summed E-state index contributed by atoms with van der Waals surface area (Å²) < 4.78 is 21.9. The Labute approximate surface area is 104 Å². The van der Waals surface area contributed by atoms with Crippen LogP contribution in [0.3, 0.4) is 0 Å². The molecule has 0 aromatic rings. The number of nitrogens with one attached hydrogen (secondary N) is 1. The van der Waals surface area contributed by atoms with Gasteiger partial charge in [-0.3, -0.25) is 4.79 Å². The molecule has 0 fully saturated rings. The Bertz CT molecular complexity index is 339. The van der Waals surface area contributed by atoms with Crippen LogP contribution in [0.2, 0.25) is 0 Å². The van der Waals surface area contributed by atoms with Gasteiger partial charge in [-0.1, -0.05) is 13.8 Å². The summed E-state index contributed by atoms with van der Waals surface area (Å²) in [7, 11) is -3.06. The van der Waals surface area contributed by atoms with Crippen LogP contribution in [0, 0.1) is 5.92 Å². The molecule has 0 aliphatic rings. The Morgan fingerprint density at radius 2 is 1.82 bits per heavy atom. The highest BCUT2D eigenvalue weighted by Gasteiger charge is 2.17. The van der Waals surface area contributed by atoms with Gasteiger partial charge in [0.05, 0.1) is 11.8 Å². The van der Waals surface area contributed by atoms with Crippen LogP contribution >= 0.6 is 0 Å². The zero-order chi connectivity index (χ0) is 13.6. The molecule has 17 heavy (non-hydrogen) atoms. The molecule has 3 N–H and O–H groups in total. The first kappa shape index (κ1) is 16.4. The second kappa shape index (κ2) is 6.96. The Balaban J connectivity index is 4.05. The van der Waals surface area contributed by atoms with Crippen LogP contribution in [0.15, 0.2) is 0 Å². The van der Waals surface area contributed by atoms with Gasteiger partial charge in [-0.2, -0.15) is 0 Å². The molecule has 0 spiro atoms. The number of hydrogen-bond donors (Lipinski definition) is 2. The van der Waals surface area contributed by atoms with Gasteiger partial charge in [0.2, 0.25) is 5.91 Å². The summed E-state index contributed by atoms with van der Waals surface area (Å²) in [6, 6.07) is -0.689. The SMILES string of the molecule is CC(C)CC(C)NC(=O)C(N)CCS(C)(=O)=O. The molecule has 0 bridgehead atoms. The van der Waals surface area contributed by atoms with Crippen molar-refractivity contribution in [2.75, 3.05) is 12.0 Å². The Morgan fingerprint density at radius 1 is 1.29 bits per heavy atom. The van der Waals surface area contributed by atoms with Gasteiger partial charge in [-0.05, 0) is 25.7 Å². The molecule has 0 aromatic heterocycles. The van der Waals surface area contributed by atoms with E-state index in [0.717, 1.165) is 12.7 Å². The largest absolute Gasteiger partial charge is 0.352 e. The van der Waals surface area contributed by atoms with Gasteiger partial charge < -0.3 is 11.1 Å². The smallest absolute Gasteiger partial charge is 0.237 e. The molecule has 2 atom stereocenters. The summed E-state index contributed by atoms with van der Waals surface area (Å²) in [4.78, 5) is 11.6. The molecule has 0 heterocycles. The van der Waals surface area contributed by atoms with Gasteiger partial charge in [0.15, 0.2) is 0 Å². The lowest BCUT2D eigenvalue weighted by atomic mass is 10.0. The molecule has 2 unspecified atom stereocenters. The first-order chi connectivity index (χ1) is 7.61. The molecule has 0 radical (unpaired) electrons. The Morgan fingerprint density at radius 3 is 2.24 bits per heavy atom. The summed E-state index contributed by atoms with van der Waals surface area (Å²) >= 11 is 0. The van der Waals surface area contributed by atoms with E-state index in [4.69, 9.17) is 5.73 Å². The van der Waals surface area contributed by atoms with E-state index in [2.05, 4.69) is 19.2 Å². The molecule has 0 saturated heterocycles. The lowest BCUT2D eigenvalue weighted by Crippen LogP contribution is -2.45. The summed E-state index contributed by atoms with van der Waals surface area (Å²) in [5.74, 6) is 0.166. The highest BCUT2D eigenvalue weighted by Crippen LogP contribution is 2.04. The van der Waals surface area contributed by atoms with Crippen LogP contribution in [0.1, 0.15) is 33.6 Å². The molecule has 6 heteroatoms. The predicted molar refractivity (Wildman–Crippen MR) is 69.4 cm³/mol. The molecule has 0 aromatic carbocycles. The van der Waals surface area contributed by atoms with E-state index in [1.165, 1.54) is 0 Å². The minimum atomic E-state index is -3.06. The average molecular weight is 264 g/mol. The van der Waals surface area contributed by atoms with E-state index in [1.54, 1.807) is 0 Å². The van der Waals surface area contributed by atoms with Crippen molar-refractivity contribution in [1.29, 1.82) is 0 Å². The number of carbonyl (C=O) groups excluding carboxylic acids is 1. The molecule has 1 amide bonds. The first-order valence-corrected chi connectivity index (χ1v) is 7.91. The van der Waals surface area contributed by atoms with Crippen molar-refractivity contribution in [1.82, 2.24) is 5.32 Å². The maximum Gasteiger partial charge on any atom is 0.237 e. The minimum absolute atomic E-state index is 0.0554. The first-order valence-electron chi connectivity index (χ1n) is 5.85. The average Bonchev–Trinajstić information content (AvgIpc) is 2.11. The van der Waals surface area contributed by atoms with Crippen LogP contribution < -0.4 is 11.1 Å². The molecule has 0 rings (SSSR count). The normalized spacial score (nSPS) is 15.6. The van der Waals surface area contributed by atoms with Crippen molar-refractivity contribution >= 4 is 15.7 Å². The third-order valence-electron chi connectivity index (χ3n) is 2.35.